The van der Waals surface area contributed by atoms with Gasteiger partial charge in [-0.3, -0.25) is 0 Å². The average molecular weight is 190 g/mol. The Morgan fingerprint density at radius 1 is 1.64 bits per heavy atom. The molecule has 1 aromatic heterocycles. The van der Waals surface area contributed by atoms with Gasteiger partial charge >= 0.3 is 0 Å². The van der Waals surface area contributed by atoms with E-state index in [1.807, 2.05) is 17.9 Å². The van der Waals surface area contributed by atoms with Crippen LogP contribution in [0, 0.1) is 11.3 Å². The third-order valence-corrected chi connectivity index (χ3v) is 1.97. The molecule has 1 heterocycles. The third kappa shape index (κ3) is 2.63. The molecular formula is C10H14N4. The summed E-state index contributed by atoms with van der Waals surface area (Å²) in [6.45, 7) is 3.56. The SMILES string of the molecule is CCN(CCC#N)c1cc(N)ccn1. The molecule has 0 aliphatic rings. The number of pyridine rings is 1. The predicted molar refractivity (Wildman–Crippen MR) is 56.8 cm³/mol. The van der Waals surface area contributed by atoms with Gasteiger partial charge in [0.2, 0.25) is 0 Å². The minimum absolute atomic E-state index is 0.504. The van der Waals surface area contributed by atoms with Gasteiger partial charge in [0.05, 0.1) is 12.5 Å². The highest BCUT2D eigenvalue weighted by Gasteiger charge is 2.04. The molecule has 0 saturated carbocycles. The second kappa shape index (κ2) is 5.07. The molecule has 0 aliphatic heterocycles. The number of hydrogen-bond acceptors (Lipinski definition) is 4. The topological polar surface area (TPSA) is 65.9 Å². The number of aromatic nitrogens is 1. The van der Waals surface area contributed by atoms with Crippen molar-refractivity contribution in [1.29, 1.82) is 5.26 Å². The summed E-state index contributed by atoms with van der Waals surface area (Å²) in [7, 11) is 0. The summed E-state index contributed by atoms with van der Waals surface area (Å²) in [4.78, 5) is 6.23. The maximum Gasteiger partial charge on any atom is 0.130 e. The lowest BCUT2D eigenvalue weighted by Crippen LogP contribution is -2.24. The Hall–Kier alpha value is -1.76. The van der Waals surface area contributed by atoms with Crippen LogP contribution in [0.5, 0.6) is 0 Å². The lowest BCUT2D eigenvalue weighted by Gasteiger charge is -2.20. The fraction of sp³-hybridized carbons (Fsp3) is 0.400. The van der Waals surface area contributed by atoms with Crippen LogP contribution in [0.1, 0.15) is 13.3 Å². The lowest BCUT2D eigenvalue weighted by atomic mass is 10.3. The molecule has 1 rings (SSSR count). The Balaban J connectivity index is 2.74. The standard InChI is InChI=1S/C10H14N4/c1-2-14(7-3-5-11)10-8-9(12)4-6-13-10/h4,6,8H,2-3,7H2,1H3,(H2,12,13). The first-order valence-corrected chi connectivity index (χ1v) is 4.61. The third-order valence-electron chi connectivity index (χ3n) is 1.97. The van der Waals surface area contributed by atoms with Crippen LogP contribution in [0.2, 0.25) is 0 Å². The van der Waals surface area contributed by atoms with Crippen LogP contribution in [0.4, 0.5) is 11.5 Å². The van der Waals surface area contributed by atoms with E-state index in [2.05, 4.69) is 11.1 Å². The zero-order chi connectivity index (χ0) is 10.4. The van der Waals surface area contributed by atoms with Crippen molar-refractivity contribution in [3.05, 3.63) is 18.3 Å². The molecule has 74 valence electrons. The quantitative estimate of drug-likeness (QED) is 0.779. The van der Waals surface area contributed by atoms with Gasteiger partial charge in [0.25, 0.3) is 0 Å². The molecule has 0 saturated heterocycles. The number of nitriles is 1. The molecule has 0 unspecified atom stereocenters. The summed E-state index contributed by atoms with van der Waals surface area (Å²) in [6, 6.07) is 5.69. The number of anilines is 2. The van der Waals surface area contributed by atoms with Crippen LogP contribution in [-0.2, 0) is 0 Å². The Morgan fingerprint density at radius 2 is 2.43 bits per heavy atom. The first kappa shape index (κ1) is 10.3. The average Bonchev–Trinajstić information content (AvgIpc) is 2.19. The van der Waals surface area contributed by atoms with E-state index in [1.165, 1.54) is 0 Å². The van der Waals surface area contributed by atoms with Crippen LogP contribution in [-0.4, -0.2) is 18.1 Å². The van der Waals surface area contributed by atoms with Gasteiger partial charge in [0, 0.05) is 31.0 Å². The van der Waals surface area contributed by atoms with E-state index in [-0.39, 0.29) is 0 Å². The summed E-state index contributed by atoms with van der Waals surface area (Å²) < 4.78 is 0. The Bertz CT molecular complexity index is 329. The minimum Gasteiger partial charge on any atom is -0.399 e. The van der Waals surface area contributed by atoms with Gasteiger partial charge in [0.15, 0.2) is 0 Å². The van der Waals surface area contributed by atoms with Crippen LogP contribution >= 0.6 is 0 Å². The number of nitrogens with two attached hydrogens (primary N) is 1. The van der Waals surface area contributed by atoms with Crippen molar-refractivity contribution < 1.29 is 0 Å². The zero-order valence-corrected chi connectivity index (χ0v) is 8.27. The summed E-state index contributed by atoms with van der Waals surface area (Å²) in [5.74, 6) is 0.836. The molecule has 0 spiro atoms. The van der Waals surface area contributed by atoms with Gasteiger partial charge in [0.1, 0.15) is 5.82 Å². The van der Waals surface area contributed by atoms with Gasteiger partial charge < -0.3 is 10.6 Å². The maximum atomic E-state index is 8.49. The van der Waals surface area contributed by atoms with Crippen LogP contribution in [0.15, 0.2) is 18.3 Å². The summed E-state index contributed by atoms with van der Waals surface area (Å²) in [5, 5.41) is 8.49. The first-order chi connectivity index (χ1) is 6.77. The van der Waals surface area contributed by atoms with Crippen molar-refractivity contribution in [3.8, 4) is 6.07 Å². The highest BCUT2D eigenvalue weighted by atomic mass is 15.2. The maximum absolute atomic E-state index is 8.49. The van der Waals surface area contributed by atoms with Crippen LogP contribution in [0.25, 0.3) is 0 Å². The monoisotopic (exact) mass is 190 g/mol. The molecule has 0 radical (unpaired) electrons. The number of hydrogen-bond donors (Lipinski definition) is 1. The second-order valence-electron chi connectivity index (χ2n) is 2.94. The highest BCUT2D eigenvalue weighted by molar-refractivity contribution is 5.50. The smallest absolute Gasteiger partial charge is 0.130 e. The number of nitrogens with zero attached hydrogens (tertiary/aromatic N) is 3. The molecule has 1 aromatic rings. The van der Waals surface area contributed by atoms with Crippen LogP contribution < -0.4 is 10.6 Å². The molecule has 0 amide bonds. The van der Waals surface area contributed by atoms with E-state index in [0.29, 0.717) is 18.7 Å². The van der Waals surface area contributed by atoms with Gasteiger partial charge in [-0.05, 0) is 13.0 Å². The van der Waals surface area contributed by atoms with Crippen molar-refractivity contribution in [2.24, 2.45) is 0 Å². The molecule has 2 N–H and O–H groups in total. The van der Waals surface area contributed by atoms with Crippen molar-refractivity contribution in [2.45, 2.75) is 13.3 Å². The van der Waals surface area contributed by atoms with Gasteiger partial charge in [-0.1, -0.05) is 0 Å². The molecule has 4 heteroatoms. The molecule has 14 heavy (non-hydrogen) atoms. The minimum atomic E-state index is 0.504. The fourth-order valence-corrected chi connectivity index (χ4v) is 1.23. The molecule has 0 bridgehead atoms. The Labute approximate surface area is 84.0 Å². The second-order valence-corrected chi connectivity index (χ2v) is 2.94. The molecule has 0 fully saturated rings. The normalized spacial score (nSPS) is 9.43. The van der Waals surface area contributed by atoms with Crippen molar-refractivity contribution >= 4 is 11.5 Å². The van der Waals surface area contributed by atoms with Crippen molar-refractivity contribution in [3.63, 3.8) is 0 Å². The predicted octanol–water partition coefficient (Wildman–Crippen LogP) is 1.40. The van der Waals surface area contributed by atoms with Gasteiger partial charge in [-0.25, -0.2) is 4.98 Å². The van der Waals surface area contributed by atoms with E-state index >= 15 is 0 Å². The van der Waals surface area contributed by atoms with Crippen molar-refractivity contribution in [1.82, 2.24) is 4.98 Å². The molecule has 0 atom stereocenters. The zero-order valence-electron chi connectivity index (χ0n) is 8.27. The molecule has 4 nitrogen and oxygen atoms in total. The van der Waals surface area contributed by atoms with Gasteiger partial charge in [-0.15, -0.1) is 0 Å². The van der Waals surface area contributed by atoms with Crippen LogP contribution in [0.3, 0.4) is 0 Å². The number of rotatable bonds is 4. The largest absolute Gasteiger partial charge is 0.399 e. The fourth-order valence-electron chi connectivity index (χ4n) is 1.23. The Kier molecular flexibility index (Phi) is 3.74. The summed E-state index contributed by atoms with van der Waals surface area (Å²) in [6.07, 6.45) is 2.18. The molecular weight excluding hydrogens is 176 g/mol. The van der Waals surface area contributed by atoms with E-state index in [9.17, 15) is 0 Å². The summed E-state index contributed by atoms with van der Waals surface area (Å²) >= 11 is 0. The number of nitrogen functional groups attached to an aromatic ring is 1. The molecule has 0 aromatic carbocycles. The van der Waals surface area contributed by atoms with E-state index in [1.54, 1.807) is 12.3 Å². The lowest BCUT2D eigenvalue weighted by molar-refractivity contribution is 0.811. The van der Waals surface area contributed by atoms with Crippen molar-refractivity contribution in [2.75, 3.05) is 23.7 Å². The first-order valence-electron chi connectivity index (χ1n) is 4.61. The summed E-state index contributed by atoms with van der Waals surface area (Å²) in [5.41, 5.74) is 6.35. The molecule has 0 aliphatic carbocycles. The van der Waals surface area contributed by atoms with E-state index < -0.39 is 0 Å². The van der Waals surface area contributed by atoms with E-state index in [4.69, 9.17) is 11.0 Å². The van der Waals surface area contributed by atoms with E-state index in [0.717, 1.165) is 12.4 Å². The van der Waals surface area contributed by atoms with Gasteiger partial charge in [-0.2, -0.15) is 5.26 Å². The Morgan fingerprint density at radius 3 is 3.00 bits per heavy atom. The highest BCUT2D eigenvalue weighted by Crippen LogP contribution is 2.13.